The van der Waals surface area contributed by atoms with E-state index in [1.807, 2.05) is 6.92 Å². The molecule has 0 saturated carbocycles. The molecule has 1 atom stereocenters. The summed E-state index contributed by atoms with van der Waals surface area (Å²) in [6.45, 7) is 6.04. The molecule has 142 valence electrons. The van der Waals surface area contributed by atoms with Crippen molar-refractivity contribution in [3.8, 4) is 0 Å². The van der Waals surface area contributed by atoms with Crippen molar-refractivity contribution in [1.82, 2.24) is 9.97 Å². The van der Waals surface area contributed by atoms with Crippen LogP contribution in [0.2, 0.25) is 0 Å². The minimum Gasteiger partial charge on any atom is -0.454 e. The number of nitrogens with one attached hydrogen (secondary N) is 1. The predicted molar refractivity (Wildman–Crippen MR) is 104 cm³/mol. The number of hydrogen-bond donors (Lipinski definition) is 1. The summed E-state index contributed by atoms with van der Waals surface area (Å²) in [5.74, 6) is -0.727. The Morgan fingerprint density at radius 2 is 2.11 bits per heavy atom. The molecule has 3 rings (SSSR count). The zero-order valence-electron chi connectivity index (χ0n) is 15.5. The molecule has 1 N–H and O–H groups in total. The number of thiophene rings is 1. The number of halogens is 1. The van der Waals surface area contributed by atoms with Gasteiger partial charge in [0.25, 0.3) is 5.56 Å². The smallest absolute Gasteiger partial charge is 0.341 e. The van der Waals surface area contributed by atoms with E-state index in [4.69, 9.17) is 4.74 Å². The first-order valence-electron chi connectivity index (χ1n) is 8.83. The normalized spacial score (nSPS) is 12.3. The highest BCUT2D eigenvalue weighted by molar-refractivity contribution is 7.18. The molecule has 27 heavy (non-hydrogen) atoms. The number of fused-ring (bicyclic) bond motifs is 1. The van der Waals surface area contributed by atoms with Crippen LogP contribution in [0.4, 0.5) is 4.39 Å². The summed E-state index contributed by atoms with van der Waals surface area (Å²) in [5, 5.41) is 0.613. The number of ether oxygens (including phenoxy) is 1. The SMILES string of the molecule is CC[C@H](C)Cc1c(C)sc2nc(COC(=O)c3ccccc3F)[nH]c(=O)c12. The van der Waals surface area contributed by atoms with Crippen molar-refractivity contribution >= 4 is 27.5 Å². The molecular weight excluding hydrogens is 367 g/mol. The van der Waals surface area contributed by atoms with Gasteiger partial charge in [-0.15, -0.1) is 11.3 Å². The highest BCUT2D eigenvalue weighted by Gasteiger charge is 2.18. The Balaban J connectivity index is 1.84. The number of hydrogen-bond acceptors (Lipinski definition) is 5. The van der Waals surface area contributed by atoms with Gasteiger partial charge in [-0.3, -0.25) is 4.79 Å². The number of carbonyl (C=O) groups excluding carboxylic acids is 1. The third-order valence-corrected chi connectivity index (χ3v) is 5.64. The van der Waals surface area contributed by atoms with Crippen LogP contribution >= 0.6 is 11.3 Å². The lowest BCUT2D eigenvalue weighted by Gasteiger charge is -2.08. The molecule has 2 heterocycles. The highest BCUT2D eigenvalue weighted by atomic mass is 32.1. The van der Waals surface area contributed by atoms with E-state index >= 15 is 0 Å². The molecule has 0 saturated heterocycles. The van der Waals surface area contributed by atoms with E-state index in [2.05, 4.69) is 23.8 Å². The Hall–Kier alpha value is -2.54. The summed E-state index contributed by atoms with van der Waals surface area (Å²) in [6, 6.07) is 5.59. The number of H-pyrrole nitrogens is 1. The van der Waals surface area contributed by atoms with E-state index in [1.54, 1.807) is 6.07 Å². The van der Waals surface area contributed by atoms with Gasteiger partial charge in [0.2, 0.25) is 0 Å². The van der Waals surface area contributed by atoms with E-state index in [9.17, 15) is 14.0 Å². The van der Waals surface area contributed by atoms with Gasteiger partial charge in [-0.05, 0) is 37.0 Å². The maximum atomic E-state index is 13.6. The van der Waals surface area contributed by atoms with Crippen LogP contribution in [0.15, 0.2) is 29.1 Å². The van der Waals surface area contributed by atoms with Crippen LogP contribution in [0.1, 0.15) is 46.9 Å². The molecule has 0 aliphatic rings. The van der Waals surface area contributed by atoms with Gasteiger partial charge in [-0.25, -0.2) is 14.2 Å². The summed E-state index contributed by atoms with van der Waals surface area (Å²) in [4.78, 5) is 33.4. The number of aryl methyl sites for hydroxylation is 1. The third kappa shape index (κ3) is 4.08. The predicted octanol–water partition coefficient (Wildman–Crippen LogP) is 4.38. The Kier molecular flexibility index (Phi) is 5.70. The molecule has 1 aromatic carbocycles. The van der Waals surface area contributed by atoms with Crippen molar-refractivity contribution in [3.63, 3.8) is 0 Å². The average molecular weight is 388 g/mol. The number of aromatic amines is 1. The van der Waals surface area contributed by atoms with Crippen molar-refractivity contribution in [2.24, 2.45) is 5.92 Å². The lowest BCUT2D eigenvalue weighted by atomic mass is 9.98. The molecule has 0 aliphatic heterocycles. The maximum absolute atomic E-state index is 13.6. The number of carbonyl (C=O) groups is 1. The Bertz CT molecular complexity index is 1040. The van der Waals surface area contributed by atoms with Crippen LogP contribution in [0.3, 0.4) is 0 Å². The van der Waals surface area contributed by atoms with Crippen LogP contribution in [0.25, 0.3) is 10.2 Å². The monoisotopic (exact) mass is 388 g/mol. The van der Waals surface area contributed by atoms with Crippen LogP contribution in [0, 0.1) is 18.7 Å². The molecule has 0 aliphatic carbocycles. The van der Waals surface area contributed by atoms with E-state index in [0.29, 0.717) is 16.1 Å². The molecule has 0 bridgehead atoms. The zero-order chi connectivity index (χ0) is 19.6. The van der Waals surface area contributed by atoms with E-state index in [0.717, 1.165) is 23.3 Å². The van der Waals surface area contributed by atoms with Crippen molar-refractivity contribution in [1.29, 1.82) is 0 Å². The summed E-state index contributed by atoms with van der Waals surface area (Å²) in [5.41, 5.74) is 0.649. The highest BCUT2D eigenvalue weighted by Crippen LogP contribution is 2.29. The Labute approximate surface area is 160 Å². The van der Waals surface area contributed by atoms with E-state index in [-0.39, 0.29) is 23.6 Å². The van der Waals surface area contributed by atoms with Gasteiger partial charge in [0.05, 0.1) is 10.9 Å². The molecule has 3 aromatic rings. The molecule has 0 unspecified atom stereocenters. The van der Waals surface area contributed by atoms with Gasteiger partial charge in [0.1, 0.15) is 23.1 Å². The number of nitrogens with zero attached hydrogens (tertiary/aromatic N) is 1. The van der Waals surface area contributed by atoms with Crippen molar-refractivity contribution in [2.75, 3.05) is 0 Å². The molecule has 0 radical (unpaired) electrons. The summed E-state index contributed by atoms with van der Waals surface area (Å²) < 4.78 is 18.8. The minimum absolute atomic E-state index is 0.149. The fourth-order valence-corrected chi connectivity index (χ4v) is 3.94. The average Bonchev–Trinajstić information content (AvgIpc) is 2.95. The summed E-state index contributed by atoms with van der Waals surface area (Å²) in [6.07, 6.45) is 1.86. The molecule has 0 spiro atoms. The quantitative estimate of drug-likeness (QED) is 0.636. The number of rotatable bonds is 6. The summed E-state index contributed by atoms with van der Waals surface area (Å²) >= 11 is 1.46. The number of benzene rings is 1. The second-order valence-electron chi connectivity index (χ2n) is 6.60. The molecule has 0 amide bonds. The second-order valence-corrected chi connectivity index (χ2v) is 7.81. The largest absolute Gasteiger partial charge is 0.454 e. The third-order valence-electron chi connectivity index (χ3n) is 4.60. The number of aromatic nitrogens is 2. The van der Waals surface area contributed by atoms with Crippen LogP contribution in [-0.4, -0.2) is 15.9 Å². The summed E-state index contributed by atoms with van der Waals surface area (Å²) in [7, 11) is 0. The van der Waals surface area contributed by atoms with Gasteiger partial charge in [-0.2, -0.15) is 0 Å². The molecule has 0 fully saturated rings. The van der Waals surface area contributed by atoms with Gasteiger partial charge in [0, 0.05) is 4.88 Å². The van der Waals surface area contributed by atoms with Crippen molar-refractivity contribution in [3.05, 3.63) is 62.3 Å². The zero-order valence-corrected chi connectivity index (χ0v) is 16.3. The standard InChI is InChI=1S/C20H21FN2O3S/c1-4-11(2)9-14-12(3)27-19-17(14)18(24)22-16(23-19)10-26-20(25)13-7-5-6-8-15(13)21/h5-8,11H,4,9-10H2,1-3H3,(H,22,23,24)/t11-/m0/s1. The molecule has 2 aromatic heterocycles. The van der Waals surface area contributed by atoms with Crippen molar-refractivity contribution in [2.45, 2.75) is 40.2 Å². The topological polar surface area (TPSA) is 72.0 Å². The second kappa shape index (κ2) is 8.00. The minimum atomic E-state index is -0.796. The van der Waals surface area contributed by atoms with Gasteiger partial charge in [0.15, 0.2) is 0 Å². The van der Waals surface area contributed by atoms with Crippen molar-refractivity contribution < 1.29 is 13.9 Å². The fourth-order valence-electron chi connectivity index (χ4n) is 2.87. The molecule has 5 nitrogen and oxygen atoms in total. The van der Waals surface area contributed by atoms with E-state index in [1.165, 1.54) is 29.5 Å². The van der Waals surface area contributed by atoms with Gasteiger partial charge < -0.3 is 9.72 Å². The lowest BCUT2D eigenvalue weighted by molar-refractivity contribution is 0.0457. The Morgan fingerprint density at radius 1 is 1.37 bits per heavy atom. The van der Waals surface area contributed by atoms with Gasteiger partial charge >= 0.3 is 5.97 Å². The maximum Gasteiger partial charge on any atom is 0.341 e. The fraction of sp³-hybridized carbons (Fsp3) is 0.350. The van der Waals surface area contributed by atoms with Crippen LogP contribution < -0.4 is 5.56 Å². The Morgan fingerprint density at radius 3 is 2.81 bits per heavy atom. The lowest BCUT2D eigenvalue weighted by Crippen LogP contribution is -2.15. The first-order valence-corrected chi connectivity index (χ1v) is 9.65. The van der Waals surface area contributed by atoms with Crippen LogP contribution in [0.5, 0.6) is 0 Å². The molecule has 7 heteroatoms. The van der Waals surface area contributed by atoms with Gasteiger partial charge in [-0.1, -0.05) is 32.4 Å². The molecular formula is C20H21FN2O3S. The van der Waals surface area contributed by atoms with E-state index < -0.39 is 11.8 Å². The first-order chi connectivity index (χ1) is 12.9. The van der Waals surface area contributed by atoms with Crippen LogP contribution in [-0.2, 0) is 17.8 Å². The number of esters is 1. The first kappa shape index (κ1) is 19.2.